The average molecular weight is 512 g/mol. The van der Waals surface area contributed by atoms with Gasteiger partial charge in [0, 0.05) is 6.54 Å². The summed E-state index contributed by atoms with van der Waals surface area (Å²) in [6, 6.07) is 16.5. The molecule has 3 amide bonds. The number of carbonyl (C=O) groups is 3. The largest absolute Gasteiger partial charge is 0.459 e. The van der Waals surface area contributed by atoms with Gasteiger partial charge in [-0.1, -0.05) is 93.3 Å². The molecule has 0 spiro atoms. The number of benzene rings is 2. The van der Waals surface area contributed by atoms with Crippen molar-refractivity contribution in [2.24, 2.45) is 0 Å². The summed E-state index contributed by atoms with van der Waals surface area (Å²) in [4.78, 5) is 38.1. The van der Waals surface area contributed by atoms with Crippen LogP contribution >= 0.6 is 0 Å². The van der Waals surface area contributed by atoms with E-state index in [1.165, 1.54) is 6.42 Å². The van der Waals surface area contributed by atoms with Gasteiger partial charge < -0.3 is 25.4 Å². The molecule has 0 aromatic heterocycles. The highest BCUT2D eigenvalue weighted by Crippen LogP contribution is 2.08. The minimum absolute atomic E-state index is 0.110. The molecule has 8 nitrogen and oxygen atoms in total. The monoisotopic (exact) mass is 511 g/mol. The number of unbranched alkanes of at least 4 members (excludes halogenated alkanes) is 4. The molecule has 0 saturated heterocycles. The molecule has 2 aromatic rings. The van der Waals surface area contributed by atoms with Crippen LogP contribution in [0.25, 0.3) is 0 Å². The van der Waals surface area contributed by atoms with Crippen LogP contribution in [0.15, 0.2) is 60.7 Å². The average Bonchev–Trinajstić information content (AvgIpc) is 2.92. The van der Waals surface area contributed by atoms with Crippen LogP contribution in [0.3, 0.4) is 0 Å². The van der Waals surface area contributed by atoms with E-state index in [-0.39, 0.29) is 13.2 Å². The SMILES string of the molecule is CCCCCCCNC(=O)N[C@H](C(=O)N[C@@H](C)C(=O)OCc1ccccc1)[C@H](C)OCc1ccccc1. The highest BCUT2D eigenvalue weighted by atomic mass is 16.5. The quantitative estimate of drug-likeness (QED) is 0.228. The van der Waals surface area contributed by atoms with Gasteiger partial charge in [-0.2, -0.15) is 0 Å². The summed E-state index contributed by atoms with van der Waals surface area (Å²) in [5.41, 5.74) is 1.80. The molecule has 0 aliphatic heterocycles. The van der Waals surface area contributed by atoms with E-state index in [0.717, 1.165) is 36.8 Å². The molecule has 0 radical (unpaired) electrons. The van der Waals surface area contributed by atoms with Crippen LogP contribution in [0.2, 0.25) is 0 Å². The van der Waals surface area contributed by atoms with Crippen LogP contribution in [0.5, 0.6) is 0 Å². The van der Waals surface area contributed by atoms with Crippen LogP contribution in [0, 0.1) is 0 Å². The van der Waals surface area contributed by atoms with Gasteiger partial charge in [0.1, 0.15) is 18.7 Å². The summed E-state index contributed by atoms with van der Waals surface area (Å²) >= 11 is 0. The van der Waals surface area contributed by atoms with Gasteiger partial charge in [0.2, 0.25) is 5.91 Å². The summed E-state index contributed by atoms with van der Waals surface area (Å²) in [5, 5.41) is 8.18. The van der Waals surface area contributed by atoms with Gasteiger partial charge >= 0.3 is 12.0 Å². The van der Waals surface area contributed by atoms with Gasteiger partial charge in [-0.15, -0.1) is 0 Å². The number of amides is 3. The van der Waals surface area contributed by atoms with Crippen LogP contribution < -0.4 is 16.0 Å². The van der Waals surface area contributed by atoms with Crippen molar-refractivity contribution in [3.05, 3.63) is 71.8 Å². The number of rotatable bonds is 16. The lowest BCUT2D eigenvalue weighted by atomic mass is 10.1. The first-order valence-electron chi connectivity index (χ1n) is 13.1. The smallest absolute Gasteiger partial charge is 0.328 e. The predicted octanol–water partition coefficient (Wildman–Crippen LogP) is 4.48. The van der Waals surface area contributed by atoms with E-state index in [9.17, 15) is 14.4 Å². The molecule has 2 aromatic carbocycles. The van der Waals surface area contributed by atoms with E-state index in [1.807, 2.05) is 60.7 Å². The second kappa shape index (κ2) is 17.1. The number of ether oxygens (including phenoxy) is 2. The molecule has 3 atom stereocenters. The fourth-order valence-electron chi connectivity index (χ4n) is 3.63. The van der Waals surface area contributed by atoms with Crippen LogP contribution in [-0.2, 0) is 32.3 Å². The third-order valence-electron chi connectivity index (χ3n) is 5.90. The molecular formula is C29H41N3O5. The topological polar surface area (TPSA) is 106 Å². The maximum Gasteiger partial charge on any atom is 0.328 e. The predicted molar refractivity (Wildman–Crippen MR) is 144 cm³/mol. The molecule has 8 heteroatoms. The van der Waals surface area contributed by atoms with Gasteiger partial charge in [-0.05, 0) is 31.4 Å². The van der Waals surface area contributed by atoms with Crippen LogP contribution in [0.1, 0.15) is 64.0 Å². The standard InChI is InChI=1S/C29H41N3O5/c1-4-5-6-7-14-19-30-29(35)32-26(23(3)36-20-24-15-10-8-11-16-24)27(33)31-22(2)28(34)37-21-25-17-12-9-13-18-25/h8-13,15-18,22-23,26H,4-7,14,19-21H2,1-3H3,(H,31,33)(H2,30,32,35)/t22-,23-,26-/m0/s1. The number of carbonyl (C=O) groups excluding carboxylic acids is 3. The Morgan fingerprint density at radius 2 is 1.38 bits per heavy atom. The van der Waals surface area contributed by atoms with Gasteiger partial charge in [0.25, 0.3) is 0 Å². The number of hydrogen-bond acceptors (Lipinski definition) is 5. The Balaban J connectivity index is 1.93. The lowest BCUT2D eigenvalue weighted by Crippen LogP contribution is -2.57. The Labute approximate surface area is 220 Å². The van der Waals surface area contributed by atoms with Crippen molar-refractivity contribution in [1.82, 2.24) is 16.0 Å². The van der Waals surface area contributed by atoms with E-state index in [4.69, 9.17) is 9.47 Å². The van der Waals surface area contributed by atoms with E-state index < -0.39 is 36.1 Å². The van der Waals surface area contributed by atoms with Gasteiger partial charge in [-0.3, -0.25) is 4.79 Å². The zero-order valence-corrected chi connectivity index (χ0v) is 22.2. The summed E-state index contributed by atoms with van der Waals surface area (Å²) in [7, 11) is 0. The molecule has 0 aliphatic rings. The number of hydrogen-bond donors (Lipinski definition) is 3. The number of nitrogens with one attached hydrogen (secondary N) is 3. The summed E-state index contributed by atoms with van der Waals surface area (Å²) < 4.78 is 11.2. The van der Waals surface area contributed by atoms with Crippen molar-refractivity contribution in [2.45, 2.75) is 84.3 Å². The number of urea groups is 1. The third kappa shape index (κ3) is 11.9. The molecule has 2 rings (SSSR count). The van der Waals surface area contributed by atoms with Gasteiger partial charge in [0.15, 0.2) is 0 Å². The fraction of sp³-hybridized carbons (Fsp3) is 0.483. The Hall–Kier alpha value is -3.39. The molecule has 0 heterocycles. The van der Waals surface area contributed by atoms with Crippen molar-refractivity contribution in [2.75, 3.05) is 6.54 Å². The lowest BCUT2D eigenvalue weighted by molar-refractivity contribution is -0.149. The lowest BCUT2D eigenvalue weighted by Gasteiger charge is -2.26. The third-order valence-corrected chi connectivity index (χ3v) is 5.90. The Bertz CT molecular complexity index is 939. The van der Waals surface area contributed by atoms with E-state index in [1.54, 1.807) is 13.8 Å². The zero-order valence-electron chi connectivity index (χ0n) is 22.2. The van der Waals surface area contributed by atoms with E-state index in [0.29, 0.717) is 6.54 Å². The van der Waals surface area contributed by atoms with E-state index in [2.05, 4.69) is 22.9 Å². The first kappa shape index (κ1) is 29.8. The van der Waals surface area contributed by atoms with Crippen LogP contribution in [0.4, 0.5) is 4.79 Å². The Morgan fingerprint density at radius 3 is 2.00 bits per heavy atom. The maximum absolute atomic E-state index is 13.1. The van der Waals surface area contributed by atoms with Crippen molar-refractivity contribution >= 4 is 17.9 Å². The second-order valence-electron chi connectivity index (χ2n) is 9.12. The first-order chi connectivity index (χ1) is 17.9. The first-order valence-corrected chi connectivity index (χ1v) is 13.1. The highest BCUT2D eigenvalue weighted by molar-refractivity contribution is 5.90. The van der Waals surface area contributed by atoms with Crippen molar-refractivity contribution < 1.29 is 23.9 Å². The molecule has 0 fully saturated rings. The minimum atomic E-state index is -1.01. The highest BCUT2D eigenvalue weighted by Gasteiger charge is 2.30. The molecule has 202 valence electrons. The normalized spacial score (nSPS) is 13.2. The van der Waals surface area contributed by atoms with Crippen molar-refractivity contribution in [3.8, 4) is 0 Å². The summed E-state index contributed by atoms with van der Waals surface area (Å²) in [5.74, 6) is -1.09. The fourth-order valence-corrected chi connectivity index (χ4v) is 3.63. The number of esters is 1. The van der Waals surface area contributed by atoms with Crippen molar-refractivity contribution in [1.29, 1.82) is 0 Å². The zero-order chi connectivity index (χ0) is 26.9. The molecule has 3 N–H and O–H groups in total. The Morgan fingerprint density at radius 1 is 0.784 bits per heavy atom. The molecule has 0 bridgehead atoms. The molecule has 0 aliphatic carbocycles. The Kier molecular flexibility index (Phi) is 13.8. The summed E-state index contributed by atoms with van der Waals surface area (Å²) in [6.07, 6.45) is 4.72. The second-order valence-corrected chi connectivity index (χ2v) is 9.12. The van der Waals surface area contributed by atoms with Gasteiger partial charge in [0.05, 0.1) is 12.7 Å². The molecule has 0 unspecified atom stereocenters. The maximum atomic E-state index is 13.1. The molecule has 37 heavy (non-hydrogen) atoms. The van der Waals surface area contributed by atoms with Crippen molar-refractivity contribution in [3.63, 3.8) is 0 Å². The van der Waals surface area contributed by atoms with Crippen LogP contribution in [-0.4, -0.2) is 42.6 Å². The van der Waals surface area contributed by atoms with E-state index >= 15 is 0 Å². The van der Waals surface area contributed by atoms with Gasteiger partial charge in [-0.25, -0.2) is 9.59 Å². The summed E-state index contributed by atoms with van der Waals surface area (Å²) in [6.45, 7) is 6.33. The minimum Gasteiger partial charge on any atom is -0.459 e. The molecular weight excluding hydrogens is 470 g/mol. The molecule has 0 saturated carbocycles.